The maximum atomic E-state index is 13.3. The number of thiophene rings is 1. The van der Waals surface area contributed by atoms with Crippen LogP contribution < -0.4 is 0 Å². The summed E-state index contributed by atoms with van der Waals surface area (Å²) in [5.74, 6) is 0. The van der Waals surface area contributed by atoms with Crippen molar-refractivity contribution in [1.29, 1.82) is 0 Å². The molecule has 0 amide bonds. The molecule has 1 aromatic heterocycles. The number of hydrogen-bond donors (Lipinski definition) is 0. The van der Waals surface area contributed by atoms with Gasteiger partial charge in [0.1, 0.15) is 0 Å². The van der Waals surface area contributed by atoms with Gasteiger partial charge in [-0.3, -0.25) is 0 Å². The molecule has 68 valence electrons. The van der Waals surface area contributed by atoms with Crippen molar-refractivity contribution >= 4 is 33.2 Å². The SMILES string of the molecule is CSc1c(F)sc2cc(C)ccc12. The summed E-state index contributed by atoms with van der Waals surface area (Å²) in [6.07, 6.45) is 1.91. The van der Waals surface area contributed by atoms with E-state index in [4.69, 9.17) is 0 Å². The van der Waals surface area contributed by atoms with Crippen molar-refractivity contribution < 1.29 is 4.39 Å². The third kappa shape index (κ3) is 1.46. The van der Waals surface area contributed by atoms with Gasteiger partial charge in [-0.2, -0.15) is 4.39 Å². The summed E-state index contributed by atoms with van der Waals surface area (Å²) in [6.45, 7) is 2.02. The van der Waals surface area contributed by atoms with Crippen molar-refractivity contribution in [2.75, 3.05) is 6.26 Å². The van der Waals surface area contributed by atoms with Gasteiger partial charge in [0.2, 0.25) is 0 Å². The average Bonchev–Trinajstić information content (AvgIpc) is 2.39. The molecule has 0 saturated heterocycles. The minimum absolute atomic E-state index is 0.0619. The monoisotopic (exact) mass is 212 g/mol. The highest BCUT2D eigenvalue weighted by molar-refractivity contribution is 7.99. The van der Waals surface area contributed by atoms with Crippen molar-refractivity contribution in [3.05, 3.63) is 28.9 Å². The highest BCUT2D eigenvalue weighted by Crippen LogP contribution is 2.36. The lowest BCUT2D eigenvalue weighted by Crippen LogP contribution is -1.71. The molecule has 0 N–H and O–H groups in total. The molecule has 13 heavy (non-hydrogen) atoms. The van der Waals surface area contributed by atoms with E-state index in [2.05, 4.69) is 0 Å². The van der Waals surface area contributed by atoms with Gasteiger partial charge in [-0.15, -0.1) is 23.1 Å². The molecular formula is C10H9FS2. The molecule has 0 bridgehead atoms. The van der Waals surface area contributed by atoms with Crippen LogP contribution in [0, 0.1) is 12.1 Å². The summed E-state index contributed by atoms with van der Waals surface area (Å²) in [7, 11) is 0. The molecule has 3 heteroatoms. The molecule has 2 aromatic rings. The van der Waals surface area contributed by atoms with Crippen molar-refractivity contribution in [3.63, 3.8) is 0 Å². The zero-order valence-corrected chi connectivity index (χ0v) is 9.06. The molecule has 0 spiro atoms. The molecular weight excluding hydrogens is 203 g/mol. The molecule has 1 heterocycles. The minimum Gasteiger partial charge on any atom is -0.194 e. The second-order valence-electron chi connectivity index (χ2n) is 2.91. The number of aryl methyl sites for hydroxylation is 1. The van der Waals surface area contributed by atoms with Crippen LogP contribution in [-0.4, -0.2) is 6.26 Å². The van der Waals surface area contributed by atoms with Crippen LogP contribution >= 0.6 is 23.1 Å². The summed E-state index contributed by atoms with van der Waals surface area (Å²) in [5, 5.41) is 0.980. The number of benzene rings is 1. The molecule has 0 aliphatic heterocycles. The number of halogens is 1. The first-order valence-electron chi connectivity index (χ1n) is 3.95. The third-order valence-electron chi connectivity index (χ3n) is 1.96. The van der Waals surface area contributed by atoms with Crippen LogP contribution in [0.3, 0.4) is 0 Å². The van der Waals surface area contributed by atoms with E-state index < -0.39 is 0 Å². The largest absolute Gasteiger partial charge is 0.194 e. The fraction of sp³-hybridized carbons (Fsp3) is 0.200. The molecule has 0 aliphatic rings. The Morgan fingerprint density at radius 2 is 2.15 bits per heavy atom. The van der Waals surface area contributed by atoms with Crippen LogP contribution in [0.15, 0.2) is 23.1 Å². The van der Waals surface area contributed by atoms with Crippen molar-refractivity contribution in [2.45, 2.75) is 11.8 Å². The summed E-state index contributed by atoms with van der Waals surface area (Å²) in [5.41, 5.74) is 1.18. The standard InChI is InChI=1S/C10H9FS2/c1-6-3-4-7-8(5-6)13-10(11)9(7)12-2/h3-5H,1-2H3. The van der Waals surface area contributed by atoms with Gasteiger partial charge in [-0.25, -0.2) is 0 Å². The smallest absolute Gasteiger partial charge is 0.191 e. The van der Waals surface area contributed by atoms with Crippen LogP contribution in [0.4, 0.5) is 4.39 Å². The Kier molecular flexibility index (Phi) is 2.30. The van der Waals surface area contributed by atoms with Crippen molar-refractivity contribution in [2.24, 2.45) is 0 Å². The zero-order chi connectivity index (χ0) is 9.42. The molecule has 2 rings (SSSR count). The highest BCUT2D eigenvalue weighted by atomic mass is 32.2. The van der Waals surface area contributed by atoms with E-state index in [0.29, 0.717) is 0 Å². The van der Waals surface area contributed by atoms with Crippen molar-refractivity contribution in [3.8, 4) is 0 Å². The van der Waals surface area contributed by atoms with E-state index in [1.54, 1.807) is 0 Å². The first-order valence-corrected chi connectivity index (χ1v) is 5.99. The van der Waals surface area contributed by atoms with E-state index in [0.717, 1.165) is 15.0 Å². The molecule has 0 saturated carbocycles. The molecule has 0 atom stereocenters. The molecule has 0 fully saturated rings. The van der Waals surface area contributed by atoms with Crippen molar-refractivity contribution in [1.82, 2.24) is 0 Å². The molecule has 0 nitrogen and oxygen atoms in total. The lowest BCUT2D eigenvalue weighted by molar-refractivity contribution is 0.636. The third-order valence-corrected chi connectivity index (χ3v) is 3.84. The van der Waals surface area contributed by atoms with Crippen LogP contribution in [0.25, 0.3) is 10.1 Å². The predicted molar refractivity (Wildman–Crippen MR) is 58.3 cm³/mol. The second-order valence-corrected chi connectivity index (χ2v) is 4.73. The maximum absolute atomic E-state index is 13.3. The summed E-state index contributed by atoms with van der Waals surface area (Å²) in [4.78, 5) is 0.778. The van der Waals surface area contributed by atoms with Gasteiger partial charge in [0.25, 0.3) is 0 Å². The first kappa shape index (κ1) is 9.03. The topological polar surface area (TPSA) is 0 Å². The van der Waals surface area contributed by atoms with Gasteiger partial charge >= 0.3 is 0 Å². The molecule has 1 aromatic carbocycles. The quantitative estimate of drug-likeness (QED) is 0.642. The lowest BCUT2D eigenvalue weighted by Gasteiger charge is -1.94. The number of rotatable bonds is 1. The van der Waals surface area contributed by atoms with Gasteiger partial charge in [0.15, 0.2) is 5.13 Å². The average molecular weight is 212 g/mol. The Labute approximate surface area is 84.8 Å². The lowest BCUT2D eigenvalue weighted by atomic mass is 10.2. The van der Waals surface area contributed by atoms with Gasteiger partial charge in [-0.1, -0.05) is 12.1 Å². The van der Waals surface area contributed by atoms with Gasteiger partial charge in [0.05, 0.1) is 4.90 Å². The van der Waals surface area contributed by atoms with Gasteiger partial charge in [0, 0.05) is 10.1 Å². The van der Waals surface area contributed by atoms with Crippen LogP contribution in [0.2, 0.25) is 0 Å². The van der Waals surface area contributed by atoms with Gasteiger partial charge < -0.3 is 0 Å². The van der Waals surface area contributed by atoms with E-state index in [1.807, 2.05) is 31.4 Å². The summed E-state index contributed by atoms with van der Waals surface area (Å²) < 4.78 is 14.4. The number of thioether (sulfide) groups is 1. The molecule has 0 unspecified atom stereocenters. The Balaban J connectivity index is 2.79. The first-order chi connectivity index (χ1) is 6.22. The fourth-order valence-corrected chi connectivity index (χ4v) is 3.26. The number of hydrogen-bond acceptors (Lipinski definition) is 2. The van der Waals surface area contributed by atoms with E-state index >= 15 is 0 Å². The van der Waals surface area contributed by atoms with E-state index in [-0.39, 0.29) is 5.13 Å². The zero-order valence-electron chi connectivity index (χ0n) is 7.43. The normalized spacial score (nSPS) is 11.0. The Morgan fingerprint density at radius 3 is 2.85 bits per heavy atom. The number of fused-ring (bicyclic) bond motifs is 1. The van der Waals surface area contributed by atoms with E-state index in [1.165, 1.54) is 28.7 Å². The van der Waals surface area contributed by atoms with Crippen LogP contribution in [-0.2, 0) is 0 Å². The Hall–Kier alpha value is -0.540. The van der Waals surface area contributed by atoms with Gasteiger partial charge in [-0.05, 0) is 24.8 Å². The Bertz CT molecular complexity index is 445. The fourth-order valence-electron chi connectivity index (χ4n) is 1.34. The maximum Gasteiger partial charge on any atom is 0.191 e. The van der Waals surface area contributed by atoms with Crippen LogP contribution in [0.1, 0.15) is 5.56 Å². The minimum atomic E-state index is -0.0619. The molecule has 0 aliphatic carbocycles. The highest BCUT2D eigenvalue weighted by Gasteiger charge is 2.10. The van der Waals surface area contributed by atoms with E-state index in [9.17, 15) is 4.39 Å². The summed E-state index contributed by atoms with van der Waals surface area (Å²) >= 11 is 2.70. The van der Waals surface area contributed by atoms with Crippen LogP contribution in [0.5, 0.6) is 0 Å². The summed E-state index contributed by atoms with van der Waals surface area (Å²) in [6, 6.07) is 6.05. The molecule has 0 radical (unpaired) electrons. The second kappa shape index (κ2) is 3.31. The Morgan fingerprint density at radius 1 is 1.38 bits per heavy atom. The predicted octanol–water partition coefficient (Wildman–Crippen LogP) is 4.07.